The molecule has 0 spiro atoms. The van der Waals surface area contributed by atoms with Crippen molar-refractivity contribution in [1.82, 2.24) is 15.6 Å². The maximum atomic E-state index is 11.8. The van der Waals surface area contributed by atoms with E-state index in [0.29, 0.717) is 24.6 Å². The second-order valence-electron chi connectivity index (χ2n) is 5.00. The second kappa shape index (κ2) is 8.19. The van der Waals surface area contributed by atoms with Crippen LogP contribution < -0.4 is 16.0 Å². The molecular weight excluding hydrogens is 332 g/mol. The van der Waals surface area contributed by atoms with E-state index in [1.54, 1.807) is 11.3 Å². The lowest BCUT2D eigenvalue weighted by molar-refractivity contribution is -0.119. The fraction of sp³-hybridized carbons (Fsp3) is 0.400. The molecule has 0 saturated carbocycles. The van der Waals surface area contributed by atoms with E-state index in [0.717, 1.165) is 20.3 Å². The highest BCUT2D eigenvalue weighted by atomic mass is 32.1. The first-order valence-corrected chi connectivity index (χ1v) is 8.88. The van der Waals surface area contributed by atoms with Crippen molar-refractivity contribution in [3.05, 3.63) is 21.9 Å². The summed E-state index contributed by atoms with van der Waals surface area (Å²) in [5.74, 6) is -0.0893. The monoisotopic (exact) mass is 352 g/mol. The van der Waals surface area contributed by atoms with Gasteiger partial charge in [-0.3, -0.25) is 9.59 Å². The molecule has 8 heteroatoms. The Morgan fingerprint density at radius 1 is 1.26 bits per heavy atom. The van der Waals surface area contributed by atoms with E-state index in [1.165, 1.54) is 18.3 Å². The lowest BCUT2D eigenvalue weighted by Gasteiger charge is -2.00. The maximum absolute atomic E-state index is 11.8. The van der Waals surface area contributed by atoms with Crippen molar-refractivity contribution in [2.75, 3.05) is 18.9 Å². The summed E-state index contributed by atoms with van der Waals surface area (Å²) >= 11 is 3.07. The van der Waals surface area contributed by atoms with Gasteiger partial charge in [-0.2, -0.15) is 0 Å². The molecule has 2 aromatic rings. The molecule has 23 heavy (non-hydrogen) atoms. The van der Waals surface area contributed by atoms with Crippen molar-refractivity contribution in [1.29, 1.82) is 0 Å². The molecule has 2 rings (SSSR count). The number of anilines is 1. The zero-order valence-corrected chi connectivity index (χ0v) is 15.0. The highest BCUT2D eigenvalue weighted by molar-refractivity contribution is 7.18. The quantitative estimate of drug-likeness (QED) is 0.714. The highest BCUT2D eigenvalue weighted by Gasteiger charge is 2.13. The number of nitrogens with one attached hydrogen (secondary N) is 3. The van der Waals surface area contributed by atoms with Gasteiger partial charge in [0, 0.05) is 29.6 Å². The number of hydrogen-bond donors (Lipinski definition) is 3. The van der Waals surface area contributed by atoms with Crippen LogP contribution in [0.5, 0.6) is 0 Å². The van der Waals surface area contributed by atoms with E-state index in [1.807, 2.05) is 26.1 Å². The van der Waals surface area contributed by atoms with E-state index in [4.69, 9.17) is 0 Å². The molecule has 0 fully saturated rings. The third-order valence-corrected chi connectivity index (χ3v) is 5.03. The number of carbonyl (C=O) groups excluding carboxylic acids is 2. The zero-order valence-electron chi connectivity index (χ0n) is 13.4. The number of aromatic nitrogens is 1. The van der Waals surface area contributed by atoms with Crippen LogP contribution in [0.2, 0.25) is 0 Å². The minimum atomic E-state index is -0.0450. The average molecular weight is 352 g/mol. The number of hydrogen-bond acceptors (Lipinski definition) is 6. The Balaban J connectivity index is 2.06. The van der Waals surface area contributed by atoms with Crippen molar-refractivity contribution in [3.63, 3.8) is 0 Å². The Morgan fingerprint density at radius 2 is 2.04 bits per heavy atom. The van der Waals surface area contributed by atoms with Gasteiger partial charge in [0.05, 0.1) is 17.1 Å². The fourth-order valence-electron chi connectivity index (χ4n) is 1.91. The minimum absolute atomic E-state index is 0.0443. The van der Waals surface area contributed by atoms with E-state index in [2.05, 4.69) is 20.9 Å². The van der Waals surface area contributed by atoms with Crippen molar-refractivity contribution in [2.24, 2.45) is 0 Å². The summed E-state index contributed by atoms with van der Waals surface area (Å²) in [6.45, 7) is 4.66. The Kier molecular flexibility index (Phi) is 6.26. The van der Waals surface area contributed by atoms with Gasteiger partial charge in [0.2, 0.25) is 11.8 Å². The Hall–Kier alpha value is -1.77. The van der Waals surface area contributed by atoms with E-state index in [-0.39, 0.29) is 11.8 Å². The van der Waals surface area contributed by atoms with Gasteiger partial charge in [-0.25, -0.2) is 4.98 Å². The molecule has 0 aromatic carbocycles. The van der Waals surface area contributed by atoms with Gasteiger partial charge in [-0.1, -0.05) is 0 Å². The summed E-state index contributed by atoms with van der Waals surface area (Å²) in [6, 6.07) is 3.98. The summed E-state index contributed by atoms with van der Waals surface area (Å²) < 4.78 is 0. The molecule has 0 bridgehead atoms. The van der Waals surface area contributed by atoms with Gasteiger partial charge in [0.1, 0.15) is 0 Å². The van der Waals surface area contributed by atoms with Crippen LogP contribution in [0.15, 0.2) is 12.1 Å². The molecule has 2 heterocycles. The topological polar surface area (TPSA) is 83.1 Å². The third-order valence-electron chi connectivity index (χ3n) is 3.05. The van der Waals surface area contributed by atoms with E-state index >= 15 is 0 Å². The van der Waals surface area contributed by atoms with Gasteiger partial charge in [-0.05, 0) is 26.1 Å². The smallest absolute Gasteiger partial charge is 0.227 e. The predicted octanol–water partition coefficient (Wildman–Crippen LogP) is 2.36. The summed E-state index contributed by atoms with van der Waals surface area (Å²) in [5.41, 5.74) is 0.887. The molecule has 2 amide bonds. The first kappa shape index (κ1) is 17.6. The molecule has 2 aromatic heterocycles. The van der Waals surface area contributed by atoms with Crippen LogP contribution in [0.1, 0.15) is 23.1 Å². The standard InChI is InChI=1S/C15H20N4O2S2/c1-9-14(12-5-4-11(23-12)8-17-10(2)20)19-15(22-9)18-13(21)6-7-16-3/h4-5,16H,6-8H2,1-3H3,(H,17,20)(H,18,19,21). The third kappa shape index (κ3) is 5.12. The SMILES string of the molecule is CNCCC(=O)Nc1nc(-c2ccc(CNC(C)=O)s2)c(C)s1. The number of amides is 2. The Morgan fingerprint density at radius 3 is 2.74 bits per heavy atom. The van der Waals surface area contributed by atoms with Crippen LogP contribution in [0.4, 0.5) is 5.13 Å². The van der Waals surface area contributed by atoms with Crippen molar-refractivity contribution in [2.45, 2.75) is 26.8 Å². The first-order valence-electron chi connectivity index (χ1n) is 7.25. The summed E-state index contributed by atoms with van der Waals surface area (Å²) in [6.07, 6.45) is 0.421. The lowest BCUT2D eigenvalue weighted by Crippen LogP contribution is -2.18. The Bertz CT molecular complexity index is 693. The second-order valence-corrected chi connectivity index (χ2v) is 7.37. The minimum Gasteiger partial charge on any atom is -0.351 e. The van der Waals surface area contributed by atoms with Crippen LogP contribution in [-0.2, 0) is 16.1 Å². The average Bonchev–Trinajstić information content (AvgIpc) is 3.09. The zero-order chi connectivity index (χ0) is 16.8. The molecule has 124 valence electrons. The molecule has 3 N–H and O–H groups in total. The van der Waals surface area contributed by atoms with Crippen LogP contribution in [0, 0.1) is 6.92 Å². The van der Waals surface area contributed by atoms with Gasteiger partial charge >= 0.3 is 0 Å². The normalized spacial score (nSPS) is 10.6. The summed E-state index contributed by atoms with van der Waals surface area (Å²) in [4.78, 5) is 30.4. The van der Waals surface area contributed by atoms with Crippen LogP contribution in [0.25, 0.3) is 10.6 Å². The highest BCUT2D eigenvalue weighted by Crippen LogP contribution is 2.34. The number of thiophene rings is 1. The number of rotatable bonds is 7. The molecular formula is C15H20N4O2S2. The molecule has 0 unspecified atom stereocenters. The van der Waals surface area contributed by atoms with Crippen molar-refractivity contribution < 1.29 is 9.59 Å². The lowest BCUT2D eigenvalue weighted by atomic mass is 10.3. The number of nitrogens with zero attached hydrogens (tertiary/aromatic N) is 1. The van der Waals surface area contributed by atoms with Gasteiger partial charge < -0.3 is 16.0 Å². The van der Waals surface area contributed by atoms with Crippen molar-refractivity contribution in [3.8, 4) is 10.6 Å². The fourth-order valence-corrected chi connectivity index (χ4v) is 3.81. The first-order chi connectivity index (χ1) is 11.0. The van der Waals surface area contributed by atoms with E-state index < -0.39 is 0 Å². The molecule has 0 aliphatic rings. The summed E-state index contributed by atoms with van der Waals surface area (Å²) in [5, 5.41) is 9.18. The maximum Gasteiger partial charge on any atom is 0.227 e. The molecule has 6 nitrogen and oxygen atoms in total. The molecule has 0 aliphatic carbocycles. The molecule has 0 atom stereocenters. The van der Waals surface area contributed by atoms with Crippen LogP contribution in [0.3, 0.4) is 0 Å². The number of aryl methyl sites for hydroxylation is 1. The molecule has 0 saturated heterocycles. The van der Waals surface area contributed by atoms with Gasteiger partial charge in [0.15, 0.2) is 5.13 Å². The van der Waals surface area contributed by atoms with E-state index in [9.17, 15) is 9.59 Å². The number of carbonyl (C=O) groups is 2. The van der Waals surface area contributed by atoms with Crippen LogP contribution in [-0.4, -0.2) is 30.4 Å². The van der Waals surface area contributed by atoms with Crippen molar-refractivity contribution >= 4 is 39.6 Å². The summed E-state index contributed by atoms with van der Waals surface area (Å²) in [7, 11) is 1.81. The van der Waals surface area contributed by atoms with Gasteiger partial charge in [-0.15, -0.1) is 22.7 Å². The van der Waals surface area contributed by atoms with Gasteiger partial charge in [0.25, 0.3) is 0 Å². The Labute approximate surface area is 143 Å². The molecule has 0 radical (unpaired) electrons. The van der Waals surface area contributed by atoms with Crippen LogP contribution >= 0.6 is 22.7 Å². The predicted molar refractivity (Wildman–Crippen MR) is 94.9 cm³/mol. The molecule has 0 aliphatic heterocycles. The largest absolute Gasteiger partial charge is 0.351 e. The number of thiazole rings is 1.